The van der Waals surface area contributed by atoms with Crippen LogP contribution in [0.2, 0.25) is 0 Å². The minimum Gasteiger partial charge on any atom is -0.387 e. The predicted molar refractivity (Wildman–Crippen MR) is 265 cm³/mol. The zero-order valence-electron chi connectivity index (χ0n) is 41.8. The summed E-state index contributed by atoms with van der Waals surface area (Å²) < 4.78 is 24.6. The number of hydrogen-bond acceptors (Lipinski definition) is 12. The van der Waals surface area contributed by atoms with E-state index in [-0.39, 0.29) is 42.0 Å². The fourth-order valence-corrected chi connectivity index (χ4v) is 9.02. The second-order valence-corrected chi connectivity index (χ2v) is 20.0. The Morgan fingerprint density at radius 3 is 1.29 bits per heavy atom. The average molecular weight is 967 g/mol. The average Bonchev–Trinajstić information content (AvgIpc) is 3.83. The molecule has 0 saturated carbocycles. The Hall–Kier alpha value is -5.16. The lowest BCUT2D eigenvalue weighted by Crippen LogP contribution is -2.54. The molecule has 4 aromatic carbocycles. The lowest BCUT2D eigenvalue weighted by Gasteiger charge is -2.27. The van der Waals surface area contributed by atoms with Gasteiger partial charge < -0.3 is 50.0 Å². The molecule has 14 nitrogen and oxygen atoms in total. The van der Waals surface area contributed by atoms with E-state index in [1.54, 1.807) is 34.6 Å². The van der Waals surface area contributed by atoms with Crippen LogP contribution in [0.4, 0.5) is 0 Å². The monoisotopic (exact) mass is 967 g/mol. The number of ether oxygens (including phenoxy) is 4. The van der Waals surface area contributed by atoms with Crippen LogP contribution in [0.1, 0.15) is 90.5 Å². The predicted octanol–water partition coefficient (Wildman–Crippen LogP) is 5.63. The molecule has 2 heterocycles. The van der Waals surface area contributed by atoms with Gasteiger partial charge in [0, 0.05) is 24.9 Å². The third-order valence-electron chi connectivity index (χ3n) is 12.3. The number of hydrogen-bond donors (Lipinski definition) is 6. The standard InChI is InChI=1S/C31H41NO6.C25H33NO6/c1-20(17-22-13-9-7-10-14-22)18-24(33)25-26(36-30(3,4)35-25)27-28(38-31(5,6)37-27)29(34)32-21(2)19-23-15-11-8-12-16-23;1-16(13-18-9-5-3-6-10-18)14-20(27)21(28)22(29)23(30)24(31)25(32)26-17(2)15-19-11-7-4-8-12-19/h7-16,20-21,25-28H,17-19H2,1-6H3,(H,32,34);3-12,16-17,21-24,28-31H,13-15H2,1-2H3,(H,26,32)/t20-,21-,25-,26+,27+,28-;16-,17-,21+,22-,23-,24+/m00/s1. The van der Waals surface area contributed by atoms with Crippen LogP contribution in [0.15, 0.2) is 121 Å². The van der Waals surface area contributed by atoms with Gasteiger partial charge in [-0.1, -0.05) is 135 Å². The summed E-state index contributed by atoms with van der Waals surface area (Å²) in [7, 11) is 0. The molecule has 0 aromatic heterocycles. The van der Waals surface area contributed by atoms with E-state index in [4.69, 9.17) is 18.9 Å². The van der Waals surface area contributed by atoms with E-state index >= 15 is 0 Å². The van der Waals surface area contributed by atoms with E-state index in [0.717, 1.165) is 23.1 Å². The normalized spacial score (nSPS) is 22.7. The van der Waals surface area contributed by atoms with Gasteiger partial charge in [0.2, 0.25) is 0 Å². The molecule has 6 rings (SSSR count). The van der Waals surface area contributed by atoms with Crippen LogP contribution in [-0.2, 0) is 63.8 Å². The lowest BCUT2D eigenvalue weighted by molar-refractivity contribution is -0.175. The number of aliphatic hydroxyl groups is 4. The molecule has 0 aliphatic carbocycles. The van der Waals surface area contributed by atoms with Crippen molar-refractivity contribution in [3.8, 4) is 0 Å². The van der Waals surface area contributed by atoms with Gasteiger partial charge in [0.15, 0.2) is 35.3 Å². The summed E-state index contributed by atoms with van der Waals surface area (Å²) in [5.74, 6) is -3.90. The summed E-state index contributed by atoms with van der Waals surface area (Å²) in [5, 5.41) is 46.3. The van der Waals surface area contributed by atoms with Gasteiger partial charge in [-0.05, 0) is 101 Å². The van der Waals surface area contributed by atoms with Gasteiger partial charge in [0.1, 0.15) is 36.6 Å². The Labute approximate surface area is 413 Å². The van der Waals surface area contributed by atoms with Gasteiger partial charge in [-0.15, -0.1) is 0 Å². The van der Waals surface area contributed by atoms with Crippen LogP contribution >= 0.6 is 0 Å². The fraction of sp³-hybridized carbons (Fsp3) is 0.500. The molecule has 2 fully saturated rings. The zero-order valence-corrected chi connectivity index (χ0v) is 41.8. The van der Waals surface area contributed by atoms with Gasteiger partial charge in [-0.25, -0.2) is 0 Å². The van der Waals surface area contributed by atoms with Crippen LogP contribution in [0.5, 0.6) is 0 Å². The van der Waals surface area contributed by atoms with E-state index in [0.29, 0.717) is 25.7 Å². The van der Waals surface area contributed by atoms with Gasteiger partial charge in [0.25, 0.3) is 11.8 Å². The number of benzene rings is 4. The first-order valence-corrected chi connectivity index (χ1v) is 24.4. The molecule has 2 saturated heterocycles. The molecule has 2 aliphatic rings. The highest BCUT2D eigenvalue weighted by atomic mass is 16.8. The lowest BCUT2D eigenvalue weighted by atomic mass is 9.91. The summed E-state index contributed by atoms with van der Waals surface area (Å²) in [6.07, 6.45) is -8.37. The smallest absolute Gasteiger partial charge is 0.252 e. The SMILES string of the molecule is C[C@H](CC(=O)[C@@H](O)[C@H](O)[C@H](O)[C@@H](O)C(=O)N[C@@H](C)Cc1ccccc1)Cc1ccccc1.C[C@H](CC(=O)[C@@H]1OC(C)(C)O[C@H]1[C@H]1OC(C)(C)O[C@@H]1C(=O)N[C@@H](C)Cc1ccccc1)Cc1ccccc1. The number of carbonyl (C=O) groups is 4. The van der Waals surface area contributed by atoms with Crippen LogP contribution in [-0.4, -0.2) is 116 Å². The molecule has 0 unspecified atom stereocenters. The van der Waals surface area contributed by atoms with Crippen LogP contribution in [0, 0.1) is 11.8 Å². The highest BCUT2D eigenvalue weighted by Gasteiger charge is 2.57. The first-order valence-electron chi connectivity index (χ1n) is 24.4. The maximum absolute atomic E-state index is 13.5. The quantitative estimate of drug-likeness (QED) is 0.0567. The second-order valence-electron chi connectivity index (χ2n) is 20.0. The van der Waals surface area contributed by atoms with Crippen LogP contribution in [0.25, 0.3) is 0 Å². The van der Waals surface area contributed by atoms with Crippen molar-refractivity contribution in [3.63, 3.8) is 0 Å². The number of rotatable bonds is 22. The molecule has 4 aromatic rings. The summed E-state index contributed by atoms with van der Waals surface area (Å²) in [6.45, 7) is 14.7. The molecular formula is C56H74N2O12. The Balaban J connectivity index is 0.000000265. The number of nitrogens with one attached hydrogen (secondary N) is 2. The molecule has 2 aliphatic heterocycles. The summed E-state index contributed by atoms with van der Waals surface area (Å²) in [6, 6.07) is 38.6. The Morgan fingerprint density at radius 2 is 0.843 bits per heavy atom. The Kier molecular flexibility index (Phi) is 20.6. The number of ketones is 2. The summed E-state index contributed by atoms with van der Waals surface area (Å²) in [4.78, 5) is 51.6. The van der Waals surface area contributed by atoms with Crippen molar-refractivity contribution in [2.75, 3.05) is 0 Å². The molecule has 0 bridgehead atoms. The molecule has 12 atom stereocenters. The Bertz CT molecular complexity index is 2090. The van der Waals surface area contributed by atoms with Crippen LogP contribution < -0.4 is 10.6 Å². The van der Waals surface area contributed by atoms with Crippen molar-refractivity contribution < 1.29 is 58.6 Å². The van der Waals surface area contributed by atoms with Gasteiger partial charge in [-0.2, -0.15) is 0 Å². The van der Waals surface area contributed by atoms with Crippen molar-refractivity contribution >= 4 is 23.4 Å². The molecular weight excluding hydrogens is 893 g/mol. The number of carbonyl (C=O) groups excluding carboxylic acids is 4. The maximum Gasteiger partial charge on any atom is 0.252 e. The van der Waals surface area contributed by atoms with Gasteiger partial charge in [-0.3, -0.25) is 19.2 Å². The molecule has 380 valence electrons. The minimum atomic E-state index is -2.01. The molecule has 6 N–H and O–H groups in total. The minimum absolute atomic E-state index is 0.0176. The van der Waals surface area contributed by atoms with E-state index in [1.165, 1.54) is 5.56 Å². The van der Waals surface area contributed by atoms with Crippen molar-refractivity contribution in [3.05, 3.63) is 144 Å². The summed E-state index contributed by atoms with van der Waals surface area (Å²) in [5.41, 5.74) is 4.34. The number of amides is 2. The van der Waals surface area contributed by atoms with E-state index in [2.05, 4.69) is 29.7 Å². The first kappa shape index (κ1) is 55.8. The third-order valence-corrected chi connectivity index (χ3v) is 12.3. The summed E-state index contributed by atoms with van der Waals surface area (Å²) >= 11 is 0. The largest absolute Gasteiger partial charge is 0.387 e. The highest BCUT2D eigenvalue weighted by molar-refractivity contribution is 5.86. The van der Waals surface area contributed by atoms with Crippen molar-refractivity contribution in [2.24, 2.45) is 11.8 Å². The number of Topliss-reactive ketones (excluding diaryl/α,β-unsaturated/α-hetero) is 2. The second kappa shape index (κ2) is 25.8. The molecule has 14 heteroatoms. The topological polar surface area (TPSA) is 210 Å². The van der Waals surface area contributed by atoms with E-state index in [9.17, 15) is 39.6 Å². The van der Waals surface area contributed by atoms with Crippen molar-refractivity contribution in [1.82, 2.24) is 10.6 Å². The van der Waals surface area contributed by atoms with E-state index < -0.39 is 72.1 Å². The number of aliphatic hydroxyl groups excluding tert-OH is 4. The molecule has 70 heavy (non-hydrogen) atoms. The Morgan fingerprint density at radius 1 is 0.486 bits per heavy atom. The van der Waals surface area contributed by atoms with Crippen molar-refractivity contribution in [1.29, 1.82) is 0 Å². The van der Waals surface area contributed by atoms with Gasteiger partial charge >= 0.3 is 0 Å². The first-order chi connectivity index (χ1) is 33.1. The fourth-order valence-electron chi connectivity index (χ4n) is 9.02. The van der Waals surface area contributed by atoms with E-state index in [1.807, 2.05) is 123 Å². The molecule has 0 radical (unpaired) electrons. The highest BCUT2D eigenvalue weighted by Crippen LogP contribution is 2.39. The third kappa shape index (κ3) is 17.0. The molecule has 2 amide bonds. The van der Waals surface area contributed by atoms with Crippen molar-refractivity contribution in [2.45, 2.75) is 166 Å². The molecule has 0 spiro atoms. The maximum atomic E-state index is 13.5. The van der Waals surface area contributed by atoms with Crippen LogP contribution in [0.3, 0.4) is 0 Å². The zero-order chi connectivity index (χ0) is 51.2. The van der Waals surface area contributed by atoms with Gasteiger partial charge in [0.05, 0.1) is 0 Å².